The second kappa shape index (κ2) is 5.60. The molecule has 0 aliphatic heterocycles. The SMILES string of the molecule is O=C(O)c1coc(CNCCc2nccs2)c1. The molecule has 2 rings (SSSR count). The second-order valence-corrected chi connectivity index (χ2v) is 4.44. The van der Waals surface area contributed by atoms with Crippen molar-refractivity contribution in [2.45, 2.75) is 13.0 Å². The molecule has 0 saturated carbocycles. The fraction of sp³-hybridized carbons (Fsp3) is 0.273. The first-order chi connectivity index (χ1) is 8.25. The lowest BCUT2D eigenvalue weighted by Gasteiger charge is -1.99. The van der Waals surface area contributed by atoms with Crippen LogP contribution in [0, 0.1) is 0 Å². The minimum Gasteiger partial charge on any atom is -0.478 e. The summed E-state index contributed by atoms with van der Waals surface area (Å²) in [5, 5.41) is 14.9. The van der Waals surface area contributed by atoms with Crippen LogP contribution in [0.5, 0.6) is 0 Å². The van der Waals surface area contributed by atoms with Crippen LogP contribution in [0.3, 0.4) is 0 Å². The summed E-state index contributed by atoms with van der Waals surface area (Å²) in [6, 6.07) is 1.53. The zero-order valence-electron chi connectivity index (χ0n) is 9.05. The Morgan fingerprint density at radius 1 is 1.59 bits per heavy atom. The molecular weight excluding hydrogens is 240 g/mol. The Bertz CT molecular complexity index is 479. The van der Waals surface area contributed by atoms with Crippen LogP contribution in [0.1, 0.15) is 21.1 Å². The molecule has 2 N–H and O–H groups in total. The molecule has 0 unspecified atom stereocenters. The van der Waals surface area contributed by atoms with Gasteiger partial charge < -0.3 is 14.8 Å². The van der Waals surface area contributed by atoms with Crippen LogP contribution < -0.4 is 5.32 Å². The van der Waals surface area contributed by atoms with E-state index in [1.807, 2.05) is 5.38 Å². The summed E-state index contributed by atoms with van der Waals surface area (Å²) in [4.78, 5) is 14.8. The molecule has 2 heterocycles. The molecular formula is C11H12N2O3S. The normalized spacial score (nSPS) is 10.6. The maximum Gasteiger partial charge on any atom is 0.338 e. The van der Waals surface area contributed by atoms with E-state index in [4.69, 9.17) is 9.52 Å². The van der Waals surface area contributed by atoms with Crippen molar-refractivity contribution in [3.63, 3.8) is 0 Å². The molecule has 6 heteroatoms. The fourth-order valence-electron chi connectivity index (χ4n) is 1.37. The van der Waals surface area contributed by atoms with Crippen LogP contribution in [-0.4, -0.2) is 22.6 Å². The number of hydrogen-bond acceptors (Lipinski definition) is 5. The van der Waals surface area contributed by atoms with Crippen LogP contribution in [0.4, 0.5) is 0 Å². The molecule has 0 aliphatic rings. The molecule has 0 spiro atoms. The van der Waals surface area contributed by atoms with E-state index in [0.717, 1.165) is 18.0 Å². The molecule has 0 bridgehead atoms. The van der Waals surface area contributed by atoms with Gasteiger partial charge in [0.05, 0.1) is 17.1 Å². The molecule has 0 amide bonds. The van der Waals surface area contributed by atoms with Crippen LogP contribution in [0.15, 0.2) is 28.3 Å². The number of carboxylic acid groups (broad SMARTS) is 1. The third-order valence-electron chi connectivity index (χ3n) is 2.20. The van der Waals surface area contributed by atoms with Gasteiger partial charge in [-0.3, -0.25) is 0 Å². The largest absolute Gasteiger partial charge is 0.478 e. The third-order valence-corrected chi connectivity index (χ3v) is 3.04. The second-order valence-electron chi connectivity index (χ2n) is 3.46. The lowest BCUT2D eigenvalue weighted by Crippen LogP contribution is -2.16. The standard InChI is InChI=1S/C11H12N2O3S/c14-11(15)8-5-9(16-7-8)6-12-2-1-10-13-3-4-17-10/h3-5,7,12H,1-2,6H2,(H,14,15). The Labute approximate surface area is 102 Å². The number of aromatic carboxylic acids is 1. The van der Waals surface area contributed by atoms with Gasteiger partial charge in [0.25, 0.3) is 0 Å². The Morgan fingerprint density at radius 3 is 3.12 bits per heavy atom. The summed E-state index contributed by atoms with van der Waals surface area (Å²) in [6.07, 6.45) is 3.90. The lowest BCUT2D eigenvalue weighted by molar-refractivity contribution is 0.0696. The van der Waals surface area contributed by atoms with Gasteiger partial charge in [0, 0.05) is 24.5 Å². The van der Waals surface area contributed by atoms with E-state index < -0.39 is 5.97 Å². The van der Waals surface area contributed by atoms with Crippen molar-refractivity contribution in [1.82, 2.24) is 10.3 Å². The molecule has 0 aromatic carbocycles. The van der Waals surface area contributed by atoms with E-state index >= 15 is 0 Å². The van der Waals surface area contributed by atoms with Gasteiger partial charge in [-0.15, -0.1) is 11.3 Å². The van der Waals surface area contributed by atoms with Crippen molar-refractivity contribution in [2.75, 3.05) is 6.54 Å². The van der Waals surface area contributed by atoms with Crippen molar-refractivity contribution >= 4 is 17.3 Å². The van der Waals surface area contributed by atoms with Crippen molar-refractivity contribution in [2.24, 2.45) is 0 Å². The molecule has 90 valence electrons. The Balaban J connectivity index is 1.72. The minimum absolute atomic E-state index is 0.182. The monoisotopic (exact) mass is 252 g/mol. The van der Waals surface area contributed by atoms with Crippen molar-refractivity contribution < 1.29 is 14.3 Å². The molecule has 17 heavy (non-hydrogen) atoms. The predicted octanol–water partition coefficient (Wildman–Crippen LogP) is 1.77. The molecule has 0 saturated heterocycles. The highest BCUT2D eigenvalue weighted by molar-refractivity contribution is 7.09. The Hall–Kier alpha value is -1.66. The van der Waals surface area contributed by atoms with E-state index in [0.29, 0.717) is 12.3 Å². The fourth-order valence-corrected chi connectivity index (χ4v) is 1.99. The topological polar surface area (TPSA) is 75.4 Å². The lowest BCUT2D eigenvalue weighted by atomic mass is 10.3. The van der Waals surface area contributed by atoms with Gasteiger partial charge in [0.2, 0.25) is 0 Å². The molecule has 5 nitrogen and oxygen atoms in total. The van der Waals surface area contributed by atoms with Crippen molar-refractivity contribution in [3.8, 4) is 0 Å². The van der Waals surface area contributed by atoms with Gasteiger partial charge >= 0.3 is 5.97 Å². The molecule has 0 aliphatic carbocycles. The number of rotatable bonds is 6. The summed E-state index contributed by atoms with van der Waals surface area (Å²) >= 11 is 1.62. The summed E-state index contributed by atoms with van der Waals surface area (Å²) in [7, 11) is 0. The first-order valence-corrected chi connectivity index (χ1v) is 6.03. The highest BCUT2D eigenvalue weighted by atomic mass is 32.1. The quantitative estimate of drug-likeness (QED) is 0.766. The van der Waals surface area contributed by atoms with Gasteiger partial charge in [0.1, 0.15) is 12.0 Å². The molecule has 0 atom stereocenters. The number of nitrogens with one attached hydrogen (secondary N) is 1. The molecule has 0 radical (unpaired) electrons. The zero-order chi connectivity index (χ0) is 12.1. The maximum absolute atomic E-state index is 10.6. The summed E-state index contributed by atoms with van der Waals surface area (Å²) in [5.74, 6) is -0.343. The van der Waals surface area contributed by atoms with Gasteiger partial charge in [0.15, 0.2) is 0 Å². The Morgan fingerprint density at radius 2 is 2.47 bits per heavy atom. The predicted molar refractivity (Wildman–Crippen MR) is 63.2 cm³/mol. The molecule has 0 fully saturated rings. The van der Waals surface area contributed by atoms with E-state index in [-0.39, 0.29) is 5.56 Å². The zero-order valence-corrected chi connectivity index (χ0v) is 9.87. The molecule has 2 aromatic heterocycles. The van der Waals surface area contributed by atoms with Gasteiger partial charge in [-0.1, -0.05) is 0 Å². The average Bonchev–Trinajstić information content (AvgIpc) is 2.96. The van der Waals surface area contributed by atoms with Crippen LogP contribution in [0.2, 0.25) is 0 Å². The van der Waals surface area contributed by atoms with Crippen molar-refractivity contribution in [3.05, 3.63) is 40.2 Å². The number of furan rings is 1. The highest BCUT2D eigenvalue weighted by Gasteiger charge is 2.07. The van der Waals surface area contributed by atoms with E-state index in [1.165, 1.54) is 12.3 Å². The number of nitrogens with zero attached hydrogens (tertiary/aromatic N) is 1. The minimum atomic E-state index is -0.970. The first kappa shape index (κ1) is 11.8. The number of carboxylic acids is 1. The van der Waals surface area contributed by atoms with Gasteiger partial charge in [-0.2, -0.15) is 0 Å². The smallest absolute Gasteiger partial charge is 0.338 e. The number of thiazole rings is 1. The highest BCUT2D eigenvalue weighted by Crippen LogP contribution is 2.08. The first-order valence-electron chi connectivity index (χ1n) is 5.15. The van der Waals surface area contributed by atoms with E-state index in [2.05, 4.69) is 10.3 Å². The van der Waals surface area contributed by atoms with Crippen LogP contribution in [0.25, 0.3) is 0 Å². The number of carbonyl (C=O) groups is 1. The summed E-state index contributed by atoms with van der Waals surface area (Å²) < 4.78 is 5.11. The summed E-state index contributed by atoms with van der Waals surface area (Å²) in [6.45, 7) is 1.31. The van der Waals surface area contributed by atoms with Crippen LogP contribution in [-0.2, 0) is 13.0 Å². The van der Waals surface area contributed by atoms with Gasteiger partial charge in [-0.25, -0.2) is 9.78 Å². The maximum atomic E-state index is 10.6. The number of aromatic nitrogens is 1. The number of hydrogen-bond donors (Lipinski definition) is 2. The average molecular weight is 252 g/mol. The van der Waals surface area contributed by atoms with E-state index in [1.54, 1.807) is 17.5 Å². The Kier molecular flexibility index (Phi) is 3.89. The van der Waals surface area contributed by atoms with E-state index in [9.17, 15) is 4.79 Å². The van der Waals surface area contributed by atoms with Crippen molar-refractivity contribution in [1.29, 1.82) is 0 Å². The van der Waals surface area contributed by atoms with Gasteiger partial charge in [-0.05, 0) is 6.07 Å². The summed E-state index contributed by atoms with van der Waals surface area (Å²) in [5.41, 5.74) is 0.182. The van der Waals surface area contributed by atoms with Crippen LogP contribution >= 0.6 is 11.3 Å². The third kappa shape index (κ3) is 3.40. The molecule has 2 aromatic rings.